The smallest absolute Gasteiger partial charge is 0.288 e. The molecule has 0 saturated carbocycles. The first kappa shape index (κ1) is 15.3. The fraction of sp³-hybridized carbons (Fsp3) is 0.250. The SMILES string of the molecule is [O-][n+]1c(-c2ccc(Cl)cc2)cc2ccccc2c1N1CCCCC1. The molecule has 0 aliphatic carbocycles. The van der Waals surface area contributed by atoms with Crippen LogP contribution in [0.3, 0.4) is 0 Å². The third-order valence-electron chi connectivity index (χ3n) is 4.70. The number of hydrogen-bond donors (Lipinski definition) is 0. The number of rotatable bonds is 2. The third-order valence-corrected chi connectivity index (χ3v) is 4.95. The second-order valence-corrected chi connectivity index (χ2v) is 6.73. The standard InChI is InChI=1S/C20H19ClN2O/c21-17-10-8-15(9-11-17)19-14-16-6-2-3-7-18(16)20(23(19)24)22-12-4-1-5-13-22/h2-3,6-11,14H,1,4-5,12-13H2. The molecule has 1 saturated heterocycles. The molecule has 0 spiro atoms. The molecule has 1 aromatic heterocycles. The van der Waals surface area contributed by atoms with Gasteiger partial charge in [-0.25, -0.2) is 4.73 Å². The Morgan fingerprint density at radius 2 is 1.62 bits per heavy atom. The van der Waals surface area contributed by atoms with Crippen molar-refractivity contribution in [3.8, 4) is 11.3 Å². The van der Waals surface area contributed by atoms with Gasteiger partial charge in [-0.05, 0) is 61.0 Å². The van der Waals surface area contributed by atoms with E-state index in [1.807, 2.05) is 48.5 Å². The lowest BCUT2D eigenvalue weighted by atomic mass is 10.0. The fourth-order valence-electron chi connectivity index (χ4n) is 3.48. The van der Waals surface area contributed by atoms with Crippen molar-refractivity contribution in [3.05, 3.63) is 64.8 Å². The number of aromatic nitrogens is 1. The van der Waals surface area contributed by atoms with E-state index in [4.69, 9.17) is 11.6 Å². The Balaban J connectivity index is 1.94. The predicted octanol–water partition coefficient (Wildman–Crippen LogP) is 4.78. The maximum absolute atomic E-state index is 13.2. The van der Waals surface area contributed by atoms with E-state index in [1.54, 1.807) is 0 Å². The molecule has 2 heterocycles. The van der Waals surface area contributed by atoms with Gasteiger partial charge in [0.15, 0.2) is 0 Å². The van der Waals surface area contributed by atoms with Crippen molar-refractivity contribution in [1.82, 2.24) is 0 Å². The molecule has 1 aliphatic heterocycles. The molecule has 0 atom stereocenters. The van der Waals surface area contributed by atoms with Crippen molar-refractivity contribution in [1.29, 1.82) is 0 Å². The number of halogens is 1. The second kappa shape index (κ2) is 6.33. The van der Waals surface area contributed by atoms with E-state index < -0.39 is 0 Å². The molecular weight excluding hydrogens is 320 g/mol. The van der Waals surface area contributed by atoms with Gasteiger partial charge in [0.1, 0.15) is 5.69 Å². The monoisotopic (exact) mass is 338 g/mol. The minimum absolute atomic E-state index is 0.672. The topological polar surface area (TPSA) is 30.2 Å². The Kier molecular flexibility index (Phi) is 4.03. The van der Waals surface area contributed by atoms with E-state index in [0.29, 0.717) is 10.7 Å². The number of hydrogen-bond acceptors (Lipinski definition) is 2. The Bertz CT molecular complexity index is 871. The van der Waals surface area contributed by atoms with Gasteiger partial charge in [-0.3, -0.25) is 4.90 Å². The lowest BCUT2D eigenvalue weighted by Crippen LogP contribution is -2.42. The molecule has 0 radical (unpaired) electrons. The van der Waals surface area contributed by atoms with Crippen LogP contribution in [0, 0.1) is 5.21 Å². The fourth-order valence-corrected chi connectivity index (χ4v) is 3.61. The van der Waals surface area contributed by atoms with Crippen LogP contribution in [-0.4, -0.2) is 13.1 Å². The average Bonchev–Trinajstić information content (AvgIpc) is 2.63. The molecule has 3 nitrogen and oxygen atoms in total. The molecule has 0 N–H and O–H groups in total. The zero-order valence-electron chi connectivity index (χ0n) is 13.4. The first-order valence-electron chi connectivity index (χ1n) is 8.40. The molecule has 0 bridgehead atoms. The highest BCUT2D eigenvalue weighted by molar-refractivity contribution is 6.30. The van der Waals surface area contributed by atoms with Crippen LogP contribution in [0.5, 0.6) is 0 Å². The maximum Gasteiger partial charge on any atom is 0.288 e. The molecule has 4 heteroatoms. The van der Waals surface area contributed by atoms with Crippen molar-refractivity contribution in [2.45, 2.75) is 19.3 Å². The van der Waals surface area contributed by atoms with E-state index in [9.17, 15) is 5.21 Å². The quantitative estimate of drug-likeness (QED) is 0.497. The number of anilines is 1. The minimum Gasteiger partial charge on any atom is -0.710 e. The zero-order valence-corrected chi connectivity index (χ0v) is 14.2. The summed E-state index contributed by atoms with van der Waals surface area (Å²) in [6.07, 6.45) is 3.52. The number of nitrogens with zero attached hydrogens (tertiary/aromatic N) is 2. The van der Waals surface area contributed by atoms with E-state index in [1.165, 1.54) is 6.42 Å². The summed E-state index contributed by atoms with van der Waals surface area (Å²) in [7, 11) is 0. The van der Waals surface area contributed by atoms with Gasteiger partial charge < -0.3 is 5.21 Å². The van der Waals surface area contributed by atoms with E-state index >= 15 is 0 Å². The summed E-state index contributed by atoms with van der Waals surface area (Å²) in [5.74, 6) is 0.776. The molecule has 0 amide bonds. The van der Waals surface area contributed by atoms with Crippen LogP contribution < -0.4 is 9.63 Å². The number of pyridine rings is 1. The summed E-state index contributed by atoms with van der Waals surface area (Å²) in [4.78, 5) is 2.23. The van der Waals surface area contributed by atoms with Crippen LogP contribution in [0.1, 0.15) is 19.3 Å². The van der Waals surface area contributed by atoms with Gasteiger partial charge in [-0.15, -0.1) is 0 Å². The summed E-state index contributed by atoms with van der Waals surface area (Å²) in [5.41, 5.74) is 1.56. The Labute approximate surface area is 146 Å². The molecular formula is C20H19ClN2O. The summed E-state index contributed by atoms with van der Waals surface area (Å²) >= 11 is 5.99. The van der Waals surface area contributed by atoms with Crippen LogP contribution in [0.25, 0.3) is 22.0 Å². The second-order valence-electron chi connectivity index (χ2n) is 6.29. The average molecular weight is 339 g/mol. The van der Waals surface area contributed by atoms with Gasteiger partial charge in [0.05, 0.1) is 18.5 Å². The zero-order chi connectivity index (χ0) is 16.5. The maximum atomic E-state index is 13.2. The molecule has 24 heavy (non-hydrogen) atoms. The summed E-state index contributed by atoms with van der Waals surface area (Å²) < 4.78 is 1.09. The third kappa shape index (κ3) is 2.69. The van der Waals surface area contributed by atoms with Gasteiger partial charge in [-0.1, -0.05) is 29.8 Å². The first-order chi connectivity index (χ1) is 11.7. The first-order valence-corrected chi connectivity index (χ1v) is 8.78. The van der Waals surface area contributed by atoms with E-state index in [2.05, 4.69) is 11.0 Å². The van der Waals surface area contributed by atoms with Crippen LogP contribution in [0.4, 0.5) is 5.82 Å². The summed E-state index contributed by atoms with van der Waals surface area (Å²) in [5, 5.41) is 16.0. The summed E-state index contributed by atoms with van der Waals surface area (Å²) in [6.45, 7) is 1.88. The van der Waals surface area contributed by atoms with Crippen LogP contribution >= 0.6 is 11.6 Å². The Morgan fingerprint density at radius 3 is 2.38 bits per heavy atom. The van der Waals surface area contributed by atoms with Crippen LogP contribution in [-0.2, 0) is 0 Å². The van der Waals surface area contributed by atoms with Gasteiger partial charge in [0.2, 0.25) is 0 Å². The Hall–Kier alpha value is -2.26. The number of piperidine rings is 1. The van der Waals surface area contributed by atoms with Crippen molar-refractivity contribution in [2.75, 3.05) is 18.0 Å². The molecule has 1 aliphatic rings. The normalized spacial score (nSPS) is 15.0. The van der Waals surface area contributed by atoms with Crippen molar-refractivity contribution in [3.63, 3.8) is 0 Å². The minimum atomic E-state index is 0.672. The predicted molar refractivity (Wildman–Crippen MR) is 99.4 cm³/mol. The largest absolute Gasteiger partial charge is 0.710 e. The molecule has 0 unspecified atom stereocenters. The van der Waals surface area contributed by atoms with Gasteiger partial charge in [0, 0.05) is 10.6 Å². The van der Waals surface area contributed by atoms with E-state index in [0.717, 1.165) is 52.8 Å². The highest BCUT2D eigenvalue weighted by atomic mass is 35.5. The summed E-state index contributed by atoms with van der Waals surface area (Å²) in [6, 6.07) is 17.6. The van der Waals surface area contributed by atoms with Crippen LogP contribution in [0.15, 0.2) is 54.6 Å². The molecule has 3 aromatic rings. The highest BCUT2D eigenvalue weighted by Crippen LogP contribution is 2.30. The van der Waals surface area contributed by atoms with Crippen LogP contribution in [0.2, 0.25) is 5.02 Å². The Morgan fingerprint density at radius 1 is 0.917 bits per heavy atom. The van der Waals surface area contributed by atoms with Gasteiger partial charge in [-0.2, -0.15) is 0 Å². The number of fused-ring (bicyclic) bond motifs is 1. The van der Waals surface area contributed by atoms with Crippen molar-refractivity contribution >= 4 is 28.2 Å². The van der Waals surface area contributed by atoms with E-state index in [-0.39, 0.29) is 0 Å². The lowest BCUT2D eigenvalue weighted by molar-refractivity contribution is -0.579. The van der Waals surface area contributed by atoms with Gasteiger partial charge >= 0.3 is 0 Å². The molecule has 2 aromatic carbocycles. The lowest BCUT2D eigenvalue weighted by Gasteiger charge is -2.27. The van der Waals surface area contributed by atoms with Crippen molar-refractivity contribution in [2.24, 2.45) is 0 Å². The van der Waals surface area contributed by atoms with Crippen molar-refractivity contribution < 1.29 is 4.73 Å². The highest BCUT2D eigenvalue weighted by Gasteiger charge is 2.25. The molecule has 1 fully saturated rings. The van der Waals surface area contributed by atoms with Gasteiger partial charge in [0.25, 0.3) is 5.82 Å². The molecule has 122 valence electrons. The molecule has 4 rings (SSSR count). The number of benzene rings is 2.